The number of ether oxygens (including phenoxy) is 2. The van der Waals surface area contributed by atoms with Crippen molar-refractivity contribution in [2.75, 3.05) is 36.6 Å². The van der Waals surface area contributed by atoms with E-state index in [2.05, 4.69) is 26.0 Å². The zero-order valence-electron chi connectivity index (χ0n) is 17.3. The van der Waals surface area contributed by atoms with Gasteiger partial charge in [0.2, 0.25) is 11.1 Å². The third-order valence-electron chi connectivity index (χ3n) is 4.18. The smallest absolute Gasteiger partial charge is 0.264 e. The molecule has 0 saturated carbocycles. The van der Waals surface area contributed by atoms with E-state index in [1.807, 2.05) is 37.3 Å². The topological polar surface area (TPSA) is 129 Å². The first-order chi connectivity index (χ1) is 15.0. The first-order valence-electron chi connectivity index (χ1n) is 9.22. The van der Waals surface area contributed by atoms with Crippen LogP contribution in [0.15, 0.2) is 58.8 Å². The third-order valence-corrected chi connectivity index (χ3v) is 5.12. The van der Waals surface area contributed by atoms with E-state index in [1.54, 1.807) is 25.3 Å². The number of carbonyl (C=O) groups is 1. The lowest BCUT2D eigenvalue weighted by atomic mass is 10.1. The third kappa shape index (κ3) is 5.66. The summed E-state index contributed by atoms with van der Waals surface area (Å²) in [6.07, 6.45) is 0. The second-order valence-electron chi connectivity index (χ2n) is 6.26. The van der Waals surface area contributed by atoms with Crippen LogP contribution < -0.4 is 26.1 Å². The Morgan fingerprint density at radius 2 is 1.87 bits per heavy atom. The van der Waals surface area contributed by atoms with Gasteiger partial charge in [-0.1, -0.05) is 42.1 Å². The molecule has 0 atom stereocenters. The van der Waals surface area contributed by atoms with Crippen LogP contribution in [0.25, 0.3) is 0 Å². The lowest BCUT2D eigenvalue weighted by molar-refractivity contribution is -0.113. The number of methoxy groups -OCH3 is 2. The molecule has 11 heteroatoms. The second kappa shape index (κ2) is 10.3. The molecule has 1 amide bonds. The summed E-state index contributed by atoms with van der Waals surface area (Å²) < 4.78 is 11.7. The van der Waals surface area contributed by atoms with Gasteiger partial charge >= 0.3 is 0 Å². The highest BCUT2D eigenvalue weighted by Crippen LogP contribution is 2.29. The quantitative estimate of drug-likeness (QED) is 0.200. The van der Waals surface area contributed by atoms with Gasteiger partial charge in [-0.2, -0.15) is 5.10 Å². The maximum atomic E-state index is 12.3. The molecule has 0 unspecified atom stereocenters. The number of nitrogen functional groups attached to an aromatic ring is 1. The van der Waals surface area contributed by atoms with E-state index in [9.17, 15) is 4.79 Å². The van der Waals surface area contributed by atoms with Crippen LogP contribution in [0.2, 0.25) is 0 Å². The lowest BCUT2D eigenvalue weighted by Gasteiger charge is -2.10. The minimum atomic E-state index is -0.229. The van der Waals surface area contributed by atoms with Crippen LogP contribution in [0.1, 0.15) is 12.5 Å². The highest BCUT2D eigenvalue weighted by molar-refractivity contribution is 7.99. The van der Waals surface area contributed by atoms with Crippen molar-refractivity contribution in [3.8, 4) is 11.5 Å². The van der Waals surface area contributed by atoms with Crippen molar-refractivity contribution in [2.24, 2.45) is 5.10 Å². The molecule has 0 fully saturated rings. The van der Waals surface area contributed by atoms with E-state index in [1.165, 1.54) is 11.8 Å². The molecule has 0 aliphatic heterocycles. The lowest BCUT2D eigenvalue weighted by Crippen LogP contribution is -2.17. The van der Waals surface area contributed by atoms with E-state index in [-0.39, 0.29) is 17.6 Å². The Kier molecular flexibility index (Phi) is 7.33. The van der Waals surface area contributed by atoms with Crippen molar-refractivity contribution in [3.63, 3.8) is 0 Å². The Morgan fingerprint density at radius 1 is 1.13 bits per heavy atom. The van der Waals surface area contributed by atoms with Crippen molar-refractivity contribution in [1.29, 1.82) is 0 Å². The number of aromatic nitrogens is 3. The molecule has 1 aromatic heterocycles. The zero-order valence-corrected chi connectivity index (χ0v) is 18.1. The van der Waals surface area contributed by atoms with Gasteiger partial charge in [0.15, 0.2) is 11.5 Å². The van der Waals surface area contributed by atoms with Crippen molar-refractivity contribution in [3.05, 3.63) is 54.1 Å². The molecule has 4 N–H and O–H groups in total. The van der Waals surface area contributed by atoms with Gasteiger partial charge in [0.1, 0.15) is 0 Å². The monoisotopic (exact) mass is 441 g/mol. The molecule has 0 spiro atoms. The first-order valence-corrected chi connectivity index (χ1v) is 10.2. The Labute approximate surface area is 183 Å². The molecule has 0 aliphatic carbocycles. The summed E-state index contributed by atoms with van der Waals surface area (Å²) in [4.78, 5) is 12.3. The summed E-state index contributed by atoms with van der Waals surface area (Å²) in [5.74, 6) is 7.24. The predicted molar refractivity (Wildman–Crippen MR) is 121 cm³/mol. The molecule has 0 saturated heterocycles. The first kappa shape index (κ1) is 22.0. The van der Waals surface area contributed by atoms with Crippen LogP contribution in [-0.2, 0) is 4.79 Å². The van der Waals surface area contributed by atoms with Crippen LogP contribution in [0, 0.1) is 0 Å². The van der Waals surface area contributed by atoms with Gasteiger partial charge in [-0.3, -0.25) is 4.79 Å². The van der Waals surface area contributed by atoms with Gasteiger partial charge in [-0.15, -0.1) is 10.2 Å². The highest BCUT2D eigenvalue weighted by Gasteiger charge is 2.13. The van der Waals surface area contributed by atoms with Crippen molar-refractivity contribution in [2.45, 2.75) is 12.1 Å². The summed E-state index contributed by atoms with van der Waals surface area (Å²) in [6.45, 7) is 1.87. The number of amides is 1. The van der Waals surface area contributed by atoms with E-state index in [0.29, 0.717) is 22.3 Å². The summed E-state index contributed by atoms with van der Waals surface area (Å²) in [5.41, 5.74) is 5.13. The molecule has 0 radical (unpaired) electrons. The van der Waals surface area contributed by atoms with Crippen molar-refractivity contribution < 1.29 is 14.3 Å². The van der Waals surface area contributed by atoms with Gasteiger partial charge in [0.05, 0.1) is 25.7 Å². The number of nitrogens with zero attached hydrogens (tertiary/aromatic N) is 4. The summed E-state index contributed by atoms with van der Waals surface area (Å²) in [7, 11) is 3.08. The average Bonchev–Trinajstić information content (AvgIpc) is 3.15. The number of thioether (sulfide) groups is 1. The van der Waals surface area contributed by atoms with E-state index >= 15 is 0 Å². The Morgan fingerprint density at radius 3 is 2.58 bits per heavy atom. The maximum absolute atomic E-state index is 12.3. The fraction of sp³-hybridized carbons (Fsp3) is 0.200. The zero-order chi connectivity index (χ0) is 22.2. The fourth-order valence-electron chi connectivity index (χ4n) is 2.57. The van der Waals surface area contributed by atoms with Crippen LogP contribution in [0.5, 0.6) is 11.5 Å². The van der Waals surface area contributed by atoms with Crippen LogP contribution >= 0.6 is 11.8 Å². The SMILES string of the molecule is COc1ccc(NC(=O)CSc2nnc(N/N=C(\C)c3ccccc3)n2N)cc1OC. The number of anilines is 2. The Balaban J connectivity index is 1.56. The second-order valence-corrected chi connectivity index (χ2v) is 7.20. The normalized spacial score (nSPS) is 11.1. The largest absolute Gasteiger partial charge is 0.493 e. The standard InChI is InChI=1S/C20H23N7O3S/c1-13(14-7-5-4-6-8-14)23-24-19-25-26-20(27(19)21)31-12-18(28)22-15-9-10-16(29-2)17(11-15)30-3/h4-11H,12,21H2,1-3H3,(H,22,28)(H,24,25)/b23-13+. The highest BCUT2D eigenvalue weighted by atomic mass is 32.2. The number of hydrogen-bond donors (Lipinski definition) is 3. The fourth-order valence-corrected chi connectivity index (χ4v) is 3.23. The van der Waals surface area contributed by atoms with E-state index < -0.39 is 0 Å². The van der Waals surface area contributed by atoms with Gasteiger partial charge in [0.25, 0.3) is 5.95 Å². The number of nitrogens with two attached hydrogens (primary N) is 1. The average molecular weight is 442 g/mol. The molecule has 3 aromatic rings. The molecule has 3 rings (SSSR count). The predicted octanol–water partition coefficient (Wildman–Crippen LogP) is 2.58. The van der Waals surface area contributed by atoms with E-state index in [0.717, 1.165) is 23.0 Å². The molecule has 31 heavy (non-hydrogen) atoms. The van der Waals surface area contributed by atoms with Gasteiger partial charge in [0, 0.05) is 11.8 Å². The number of hydrazone groups is 1. The summed E-state index contributed by atoms with van der Waals surface area (Å²) in [5, 5.41) is 15.4. The van der Waals surface area contributed by atoms with Crippen molar-refractivity contribution in [1.82, 2.24) is 14.9 Å². The number of hydrogen-bond acceptors (Lipinski definition) is 9. The van der Waals surface area contributed by atoms with Crippen LogP contribution in [-0.4, -0.2) is 46.5 Å². The number of benzene rings is 2. The molecular weight excluding hydrogens is 418 g/mol. The van der Waals surface area contributed by atoms with Gasteiger partial charge < -0.3 is 20.6 Å². The Hall–Kier alpha value is -3.73. The molecule has 1 heterocycles. The summed E-state index contributed by atoms with van der Waals surface area (Å²) in [6, 6.07) is 14.8. The molecular formula is C20H23N7O3S. The number of carbonyl (C=O) groups excluding carboxylic acids is 1. The van der Waals surface area contributed by atoms with Crippen molar-refractivity contribution >= 4 is 35.0 Å². The van der Waals surface area contributed by atoms with Gasteiger partial charge in [-0.05, 0) is 24.6 Å². The number of nitrogens with one attached hydrogen (secondary N) is 2. The minimum Gasteiger partial charge on any atom is -0.493 e. The maximum Gasteiger partial charge on any atom is 0.264 e. The van der Waals surface area contributed by atoms with E-state index in [4.69, 9.17) is 15.3 Å². The molecule has 162 valence electrons. The molecule has 0 aliphatic rings. The molecule has 10 nitrogen and oxygen atoms in total. The van der Waals surface area contributed by atoms with Crippen LogP contribution in [0.4, 0.5) is 11.6 Å². The summed E-state index contributed by atoms with van der Waals surface area (Å²) >= 11 is 1.15. The Bertz CT molecular complexity index is 1070. The minimum absolute atomic E-state index is 0.0932. The molecule has 0 bridgehead atoms. The van der Waals surface area contributed by atoms with Crippen LogP contribution in [0.3, 0.4) is 0 Å². The number of rotatable bonds is 9. The molecule has 2 aromatic carbocycles. The van der Waals surface area contributed by atoms with Gasteiger partial charge in [-0.25, -0.2) is 10.1 Å².